The molecule has 0 bridgehead atoms. The Hall–Kier alpha value is -1.75. The van der Waals surface area contributed by atoms with Crippen molar-refractivity contribution < 1.29 is 0 Å². The molecule has 0 N–H and O–H groups in total. The zero-order valence-electron chi connectivity index (χ0n) is 7.97. The highest BCUT2D eigenvalue weighted by Crippen LogP contribution is 2.19. The topological polar surface area (TPSA) is 47.8 Å². The van der Waals surface area contributed by atoms with Crippen LogP contribution in [0.2, 0.25) is 0 Å². The molecule has 3 aliphatic rings. The lowest BCUT2D eigenvalue weighted by atomic mass is 10.2. The predicted molar refractivity (Wildman–Crippen MR) is 57.1 cm³/mol. The van der Waals surface area contributed by atoms with Crippen molar-refractivity contribution in [1.29, 1.82) is 0 Å². The molecule has 3 rings (SSSR count). The number of nitrogens with zero attached hydrogens (tertiary/aromatic N) is 3. The Bertz CT molecular complexity index is 715. The zero-order valence-corrected chi connectivity index (χ0v) is 8.78. The second-order valence-corrected chi connectivity index (χ2v) is 4.48. The highest BCUT2D eigenvalue weighted by Gasteiger charge is 2.11. The van der Waals surface area contributed by atoms with Gasteiger partial charge in [-0.1, -0.05) is 11.5 Å². The summed E-state index contributed by atoms with van der Waals surface area (Å²) in [6.45, 7) is 0. The number of aromatic nitrogens is 3. The molecule has 0 atom stereocenters. The smallest absolute Gasteiger partial charge is 0.189 e. The fraction of sp³-hybridized carbons (Fsp3) is 0.100. The summed E-state index contributed by atoms with van der Waals surface area (Å²) in [4.78, 5) is 20.0. The Morgan fingerprint density at radius 1 is 1.40 bits per heavy atom. The predicted octanol–water partition coefficient (Wildman–Crippen LogP) is 1.07. The van der Waals surface area contributed by atoms with Gasteiger partial charge >= 0.3 is 0 Å². The molecule has 5 heteroatoms. The first-order valence-electron chi connectivity index (χ1n) is 4.46. The first kappa shape index (κ1) is 8.55. The van der Waals surface area contributed by atoms with E-state index in [1.807, 2.05) is 23.3 Å². The SMILES string of the molecule is Cn1ccc2c(=O)cc3ncnc-3c=2s1. The van der Waals surface area contributed by atoms with Gasteiger partial charge in [-0.25, -0.2) is 9.97 Å². The molecule has 0 unspecified atom stereocenters. The minimum atomic E-state index is 0.00912. The van der Waals surface area contributed by atoms with Crippen LogP contribution in [-0.4, -0.2) is 13.9 Å². The van der Waals surface area contributed by atoms with Crippen LogP contribution in [0, 0.1) is 9.75 Å². The molecule has 0 spiro atoms. The van der Waals surface area contributed by atoms with Gasteiger partial charge in [0.15, 0.2) is 5.43 Å². The third-order valence-corrected chi connectivity index (χ3v) is 3.31. The lowest BCUT2D eigenvalue weighted by molar-refractivity contribution is 1.01. The average Bonchev–Trinajstić information content (AvgIpc) is 2.65. The summed E-state index contributed by atoms with van der Waals surface area (Å²) in [5, 5.41) is 0.714. The number of hydrogen-bond acceptors (Lipinski definition) is 4. The molecule has 0 aromatic carbocycles. The molecular formula is C10H7N3OS. The van der Waals surface area contributed by atoms with Crippen molar-refractivity contribution in [3.8, 4) is 11.4 Å². The van der Waals surface area contributed by atoms with E-state index in [-0.39, 0.29) is 5.43 Å². The van der Waals surface area contributed by atoms with E-state index in [9.17, 15) is 4.79 Å². The summed E-state index contributed by atoms with van der Waals surface area (Å²) in [6, 6.07) is 3.36. The normalized spacial score (nSPS) is 11.3. The van der Waals surface area contributed by atoms with Gasteiger partial charge in [0.2, 0.25) is 0 Å². The first-order valence-corrected chi connectivity index (χ1v) is 5.23. The van der Waals surface area contributed by atoms with Crippen LogP contribution in [-0.2, 0) is 7.05 Å². The molecule has 15 heavy (non-hydrogen) atoms. The molecule has 0 radical (unpaired) electrons. The number of imidazole rings is 1. The van der Waals surface area contributed by atoms with Gasteiger partial charge < -0.3 is 3.96 Å². The van der Waals surface area contributed by atoms with E-state index in [2.05, 4.69) is 9.97 Å². The second-order valence-electron chi connectivity index (χ2n) is 3.31. The van der Waals surface area contributed by atoms with Crippen LogP contribution in [0.15, 0.2) is 29.5 Å². The molecular weight excluding hydrogens is 210 g/mol. The third kappa shape index (κ3) is 1.16. The van der Waals surface area contributed by atoms with Gasteiger partial charge in [-0.15, -0.1) is 0 Å². The van der Waals surface area contributed by atoms with Gasteiger partial charge in [0.1, 0.15) is 12.0 Å². The summed E-state index contributed by atoms with van der Waals surface area (Å²) < 4.78 is 2.84. The minimum Gasteiger partial charge on any atom is -0.308 e. The molecule has 0 saturated carbocycles. The summed E-state index contributed by atoms with van der Waals surface area (Å²) in [5.74, 6) is 0. The van der Waals surface area contributed by atoms with E-state index >= 15 is 0 Å². The molecule has 0 saturated heterocycles. The molecule has 2 heterocycles. The Kier molecular flexibility index (Phi) is 1.63. The summed E-state index contributed by atoms with van der Waals surface area (Å²) in [5.41, 5.74) is 1.50. The molecule has 0 aromatic rings. The zero-order chi connectivity index (χ0) is 10.4. The van der Waals surface area contributed by atoms with E-state index < -0.39 is 0 Å². The van der Waals surface area contributed by atoms with Gasteiger partial charge in [-0.05, 0) is 6.07 Å². The van der Waals surface area contributed by atoms with Gasteiger partial charge in [0, 0.05) is 24.5 Å². The molecule has 0 amide bonds. The first-order chi connectivity index (χ1) is 7.25. The van der Waals surface area contributed by atoms with Crippen LogP contribution in [0.5, 0.6) is 0 Å². The summed E-state index contributed by atoms with van der Waals surface area (Å²) in [7, 11) is 1.93. The quantitative estimate of drug-likeness (QED) is 0.566. The van der Waals surface area contributed by atoms with Crippen molar-refractivity contribution in [3.05, 3.63) is 44.6 Å². The highest BCUT2D eigenvalue weighted by atomic mass is 32.1. The van der Waals surface area contributed by atoms with Crippen LogP contribution in [0.25, 0.3) is 11.4 Å². The van der Waals surface area contributed by atoms with Crippen LogP contribution >= 0.6 is 11.5 Å². The molecule has 2 aliphatic heterocycles. The monoisotopic (exact) mass is 217 g/mol. The Labute approximate surface area is 89.0 Å². The Balaban J connectivity index is 2.71. The van der Waals surface area contributed by atoms with Crippen molar-refractivity contribution in [3.63, 3.8) is 0 Å². The maximum atomic E-state index is 11.7. The van der Waals surface area contributed by atoms with Crippen LogP contribution < -0.4 is 5.43 Å². The molecule has 4 nitrogen and oxygen atoms in total. The lowest BCUT2D eigenvalue weighted by Crippen LogP contribution is -2.04. The van der Waals surface area contributed by atoms with Crippen molar-refractivity contribution >= 4 is 11.5 Å². The maximum Gasteiger partial charge on any atom is 0.189 e. The minimum absolute atomic E-state index is 0.00912. The number of fused-ring (bicyclic) bond motifs is 2. The lowest BCUT2D eigenvalue weighted by Gasteiger charge is -2.00. The number of hydrogen-bond donors (Lipinski definition) is 0. The van der Waals surface area contributed by atoms with E-state index in [0.29, 0.717) is 10.9 Å². The largest absolute Gasteiger partial charge is 0.308 e. The van der Waals surface area contributed by atoms with Crippen molar-refractivity contribution in [2.45, 2.75) is 0 Å². The van der Waals surface area contributed by atoms with Gasteiger partial charge in [-0.2, -0.15) is 0 Å². The Morgan fingerprint density at radius 3 is 3.13 bits per heavy atom. The van der Waals surface area contributed by atoms with Gasteiger partial charge in [-0.3, -0.25) is 4.79 Å². The van der Waals surface area contributed by atoms with E-state index in [1.54, 1.807) is 0 Å². The number of aryl methyl sites for hydroxylation is 1. The summed E-state index contributed by atoms with van der Waals surface area (Å²) >= 11 is 1.50. The maximum absolute atomic E-state index is 11.7. The Morgan fingerprint density at radius 2 is 2.27 bits per heavy atom. The average molecular weight is 217 g/mol. The van der Waals surface area contributed by atoms with Crippen molar-refractivity contribution in [1.82, 2.24) is 13.9 Å². The van der Waals surface area contributed by atoms with Crippen molar-refractivity contribution in [2.24, 2.45) is 7.05 Å². The molecule has 0 aromatic heterocycles. The standard InChI is InChI=1S/C10H7N3OS/c1-13-3-2-6-8(14)4-7-9(10(6)15-13)12-5-11-7/h2-5H,1H3. The van der Waals surface area contributed by atoms with Crippen LogP contribution in [0.4, 0.5) is 0 Å². The van der Waals surface area contributed by atoms with Gasteiger partial charge in [0.05, 0.1) is 10.2 Å². The van der Waals surface area contributed by atoms with Crippen LogP contribution in [0.1, 0.15) is 0 Å². The molecule has 74 valence electrons. The van der Waals surface area contributed by atoms with E-state index in [1.165, 1.54) is 23.9 Å². The molecule has 0 fully saturated rings. The fourth-order valence-corrected chi connectivity index (χ4v) is 2.52. The molecule has 1 aliphatic carbocycles. The van der Waals surface area contributed by atoms with Gasteiger partial charge in [0.25, 0.3) is 0 Å². The van der Waals surface area contributed by atoms with Crippen LogP contribution in [0.3, 0.4) is 0 Å². The second kappa shape index (κ2) is 2.87. The van der Waals surface area contributed by atoms with E-state index in [0.717, 1.165) is 10.2 Å². The highest BCUT2D eigenvalue weighted by molar-refractivity contribution is 7.04. The van der Waals surface area contributed by atoms with E-state index in [4.69, 9.17) is 0 Å². The fourth-order valence-electron chi connectivity index (χ4n) is 1.60. The third-order valence-electron chi connectivity index (χ3n) is 2.31. The summed E-state index contributed by atoms with van der Waals surface area (Å²) in [6.07, 6.45) is 3.36. The van der Waals surface area contributed by atoms with Crippen molar-refractivity contribution in [2.75, 3.05) is 0 Å². The number of rotatable bonds is 0.